The molecule has 0 saturated carbocycles. The maximum absolute atomic E-state index is 11.9. The highest BCUT2D eigenvalue weighted by molar-refractivity contribution is 9.10. The van der Waals surface area contributed by atoms with Crippen LogP contribution in [0.5, 0.6) is 5.75 Å². The summed E-state index contributed by atoms with van der Waals surface area (Å²) in [6, 6.07) is 1.60. The molecule has 0 aliphatic rings. The molecule has 0 unspecified atom stereocenters. The van der Waals surface area contributed by atoms with Crippen LogP contribution in [0.25, 0.3) is 0 Å². The summed E-state index contributed by atoms with van der Waals surface area (Å²) in [5.41, 5.74) is -0.210. The molecule has 0 radical (unpaired) electrons. The first-order valence-electron chi connectivity index (χ1n) is 3.35. The van der Waals surface area contributed by atoms with Gasteiger partial charge in [0, 0.05) is 0 Å². The predicted molar refractivity (Wildman–Crippen MR) is 48.3 cm³/mol. The first-order chi connectivity index (χ1) is 6.85. The third kappa shape index (κ3) is 2.97. The number of hydrogen-bond donors (Lipinski definition) is 0. The van der Waals surface area contributed by atoms with Crippen LogP contribution < -0.4 is 4.74 Å². The molecule has 0 aliphatic heterocycles. The SMILES string of the molecule is N#Cc1c(Br)ncc(OC(F)(F)F)c1Cl. The number of rotatable bonds is 1. The smallest absolute Gasteiger partial charge is 0.402 e. The summed E-state index contributed by atoms with van der Waals surface area (Å²) in [6.45, 7) is 0. The molecule has 80 valence electrons. The second-order valence-corrected chi connectivity index (χ2v) is 3.39. The molecule has 0 amide bonds. The maximum Gasteiger partial charge on any atom is 0.573 e. The Bertz CT molecular complexity index is 429. The zero-order valence-electron chi connectivity index (χ0n) is 6.77. The lowest BCUT2D eigenvalue weighted by molar-refractivity contribution is -0.274. The van der Waals surface area contributed by atoms with Crippen molar-refractivity contribution in [2.24, 2.45) is 0 Å². The van der Waals surface area contributed by atoms with Crippen LogP contribution in [-0.2, 0) is 0 Å². The minimum atomic E-state index is -4.87. The molecule has 0 fully saturated rings. The van der Waals surface area contributed by atoms with Gasteiger partial charge in [0.15, 0.2) is 5.75 Å². The molecule has 1 aromatic heterocycles. The van der Waals surface area contributed by atoms with Crippen molar-refractivity contribution < 1.29 is 17.9 Å². The summed E-state index contributed by atoms with van der Waals surface area (Å²) in [6.07, 6.45) is -4.09. The predicted octanol–water partition coefficient (Wildman–Crippen LogP) is 3.27. The molecule has 0 bridgehead atoms. The van der Waals surface area contributed by atoms with E-state index in [1.54, 1.807) is 6.07 Å². The van der Waals surface area contributed by atoms with Crippen molar-refractivity contribution in [1.29, 1.82) is 5.26 Å². The summed E-state index contributed by atoms with van der Waals surface area (Å²) < 4.78 is 39.2. The fourth-order valence-corrected chi connectivity index (χ4v) is 1.46. The third-order valence-corrected chi connectivity index (χ3v) is 2.25. The van der Waals surface area contributed by atoms with Gasteiger partial charge in [-0.05, 0) is 15.9 Å². The molecule has 0 aromatic carbocycles. The van der Waals surface area contributed by atoms with Gasteiger partial charge in [0.25, 0.3) is 0 Å². The number of nitrogens with zero attached hydrogens (tertiary/aromatic N) is 2. The largest absolute Gasteiger partial charge is 0.573 e. The number of ether oxygens (including phenoxy) is 1. The molecule has 1 rings (SSSR count). The zero-order chi connectivity index (χ0) is 11.6. The Balaban J connectivity index is 3.18. The zero-order valence-corrected chi connectivity index (χ0v) is 9.11. The first-order valence-corrected chi connectivity index (χ1v) is 4.52. The van der Waals surface area contributed by atoms with Crippen molar-refractivity contribution in [2.45, 2.75) is 6.36 Å². The van der Waals surface area contributed by atoms with Gasteiger partial charge in [0.2, 0.25) is 0 Å². The van der Waals surface area contributed by atoms with Gasteiger partial charge in [-0.3, -0.25) is 0 Å². The first kappa shape index (κ1) is 12.1. The molecule has 1 heterocycles. The average Bonchev–Trinajstić information content (AvgIpc) is 2.09. The van der Waals surface area contributed by atoms with Crippen LogP contribution in [0, 0.1) is 11.3 Å². The topological polar surface area (TPSA) is 45.9 Å². The highest BCUT2D eigenvalue weighted by Crippen LogP contribution is 2.34. The molecule has 0 spiro atoms. The fourth-order valence-electron chi connectivity index (χ4n) is 0.741. The molecule has 0 atom stereocenters. The van der Waals surface area contributed by atoms with E-state index in [0.717, 1.165) is 6.20 Å². The van der Waals surface area contributed by atoms with Gasteiger partial charge in [-0.15, -0.1) is 13.2 Å². The van der Waals surface area contributed by atoms with Crippen LogP contribution >= 0.6 is 27.5 Å². The van der Waals surface area contributed by atoms with Crippen LogP contribution in [-0.4, -0.2) is 11.3 Å². The van der Waals surface area contributed by atoms with Crippen molar-refractivity contribution in [1.82, 2.24) is 4.98 Å². The number of halogens is 5. The molecule has 3 nitrogen and oxygen atoms in total. The second-order valence-electron chi connectivity index (χ2n) is 2.26. The van der Waals surface area contributed by atoms with Crippen LogP contribution in [0.4, 0.5) is 13.2 Å². The van der Waals surface area contributed by atoms with E-state index >= 15 is 0 Å². The lowest BCUT2D eigenvalue weighted by atomic mass is 10.3. The van der Waals surface area contributed by atoms with Crippen molar-refractivity contribution in [2.75, 3.05) is 0 Å². The summed E-state index contributed by atoms with van der Waals surface area (Å²) in [4.78, 5) is 3.48. The molecule has 0 aliphatic carbocycles. The van der Waals surface area contributed by atoms with Gasteiger partial charge in [0.1, 0.15) is 21.3 Å². The van der Waals surface area contributed by atoms with E-state index in [1.165, 1.54) is 0 Å². The number of nitriles is 1. The van der Waals surface area contributed by atoms with Crippen LogP contribution in [0.15, 0.2) is 10.8 Å². The Hall–Kier alpha value is -1.00. The van der Waals surface area contributed by atoms with E-state index in [0.29, 0.717) is 0 Å². The average molecular weight is 301 g/mol. The van der Waals surface area contributed by atoms with Gasteiger partial charge >= 0.3 is 6.36 Å². The fraction of sp³-hybridized carbons (Fsp3) is 0.143. The number of aromatic nitrogens is 1. The summed E-state index contributed by atoms with van der Waals surface area (Å²) >= 11 is 8.37. The monoisotopic (exact) mass is 300 g/mol. The Morgan fingerprint density at radius 3 is 2.60 bits per heavy atom. The van der Waals surface area contributed by atoms with Gasteiger partial charge < -0.3 is 4.74 Å². The highest BCUT2D eigenvalue weighted by atomic mass is 79.9. The van der Waals surface area contributed by atoms with Gasteiger partial charge in [0.05, 0.1) is 6.20 Å². The molecule has 15 heavy (non-hydrogen) atoms. The summed E-state index contributed by atoms with van der Waals surface area (Å²) in [5.74, 6) is -0.705. The molecule has 0 N–H and O–H groups in total. The van der Waals surface area contributed by atoms with Crippen molar-refractivity contribution >= 4 is 27.5 Å². The number of hydrogen-bond acceptors (Lipinski definition) is 3. The quantitative estimate of drug-likeness (QED) is 0.748. The van der Waals surface area contributed by atoms with E-state index in [1.807, 2.05) is 0 Å². The van der Waals surface area contributed by atoms with Gasteiger partial charge in [-0.1, -0.05) is 11.6 Å². The molecule has 0 saturated heterocycles. The molecular formula is C7HBrClF3N2O. The Morgan fingerprint density at radius 2 is 2.13 bits per heavy atom. The van der Waals surface area contributed by atoms with E-state index in [9.17, 15) is 13.2 Å². The lowest BCUT2D eigenvalue weighted by Crippen LogP contribution is -2.17. The summed E-state index contributed by atoms with van der Waals surface area (Å²) in [5, 5.41) is 8.15. The van der Waals surface area contributed by atoms with E-state index in [2.05, 4.69) is 25.7 Å². The van der Waals surface area contributed by atoms with E-state index < -0.39 is 17.1 Å². The van der Waals surface area contributed by atoms with Crippen LogP contribution in [0.2, 0.25) is 5.02 Å². The van der Waals surface area contributed by atoms with Crippen molar-refractivity contribution in [3.63, 3.8) is 0 Å². The lowest BCUT2D eigenvalue weighted by Gasteiger charge is -2.10. The molecule has 1 aromatic rings. The van der Waals surface area contributed by atoms with Crippen molar-refractivity contribution in [3.8, 4) is 11.8 Å². The summed E-state index contributed by atoms with van der Waals surface area (Å²) in [7, 11) is 0. The highest BCUT2D eigenvalue weighted by Gasteiger charge is 2.33. The number of alkyl halides is 3. The van der Waals surface area contributed by atoms with Gasteiger partial charge in [-0.2, -0.15) is 5.26 Å². The Labute approximate surface area is 95.6 Å². The minimum absolute atomic E-state index is 0.0597. The molecule has 8 heteroatoms. The Kier molecular flexibility index (Phi) is 3.42. The van der Waals surface area contributed by atoms with Crippen LogP contribution in [0.1, 0.15) is 5.56 Å². The maximum atomic E-state index is 11.9. The van der Waals surface area contributed by atoms with Gasteiger partial charge in [-0.25, -0.2) is 4.98 Å². The normalized spacial score (nSPS) is 10.9. The third-order valence-electron chi connectivity index (χ3n) is 1.27. The minimum Gasteiger partial charge on any atom is -0.402 e. The Morgan fingerprint density at radius 1 is 1.53 bits per heavy atom. The standard InChI is InChI=1S/C7HBrClF3N2O/c8-6-3(1-13)5(9)4(2-14-6)15-7(10,11)12/h2H. The number of pyridine rings is 1. The van der Waals surface area contributed by atoms with E-state index in [4.69, 9.17) is 16.9 Å². The van der Waals surface area contributed by atoms with Crippen molar-refractivity contribution in [3.05, 3.63) is 21.4 Å². The molecular weight excluding hydrogens is 300 g/mol. The second kappa shape index (κ2) is 4.24. The van der Waals surface area contributed by atoms with E-state index in [-0.39, 0.29) is 10.2 Å². The van der Waals surface area contributed by atoms with Crippen LogP contribution in [0.3, 0.4) is 0 Å².